The van der Waals surface area contributed by atoms with E-state index in [1.807, 2.05) is 52.8 Å². The van der Waals surface area contributed by atoms with Crippen LogP contribution in [0, 0.1) is 25.1 Å². The van der Waals surface area contributed by atoms with Crippen LogP contribution in [0.4, 0.5) is 10.1 Å². The van der Waals surface area contributed by atoms with Gasteiger partial charge in [-0.05, 0) is 60.7 Å². The van der Waals surface area contributed by atoms with Crippen molar-refractivity contribution >= 4 is 17.6 Å². The van der Waals surface area contributed by atoms with Crippen LogP contribution in [0.2, 0.25) is 0 Å². The molecule has 4 rings (SSSR count). The van der Waals surface area contributed by atoms with E-state index in [1.165, 1.54) is 13.0 Å². The van der Waals surface area contributed by atoms with E-state index in [1.54, 1.807) is 47.1 Å². The van der Waals surface area contributed by atoms with Crippen molar-refractivity contribution in [3.63, 3.8) is 0 Å². The summed E-state index contributed by atoms with van der Waals surface area (Å²) in [6.45, 7) is 11.3. The van der Waals surface area contributed by atoms with Gasteiger partial charge in [-0.3, -0.25) is 9.59 Å². The van der Waals surface area contributed by atoms with E-state index in [0.29, 0.717) is 34.6 Å². The van der Waals surface area contributed by atoms with Crippen LogP contribution >= 0.6 is 0 Å². The second-order valence-corrected chi connectivity index (χ2v) is 10.7. The molecule has 4 aromatic rings. The zero-order valence-corrected chi connectivity index (χ0v) is 22.6. The lowest BCUT2D eigenvalue weighted by Crippen LogP contribution is -2.19. The third-order valence-corrected chi connectivity index (χ3v) is 5.94. The van der Waals surface area contributed by atoms with Gasteiger partial charge in [0.2, 0.25) is 11.8 Å². The number of benzene rings is 3. The van der Waals surface area contributed by atoms with Crippen molar-refractivity contribution in [2.24, 2.45) is 5.41 Å². The predicted molar refractivity (Wildman–Crippen MR) is 148 cm³/mol. The fourth-order valence-corrected chi connectivity index (χ4v) is 4.35. The molecule has 1 aromatic heterocycles. The van der Waals surface area contributed by atoms with Gasteiger partial charge in [0.05, 0.1) is 11.3 Å². The summed E-state index contributed by atoms with van der Waals surface area (Å²) in [4.78, 5) is 24.7. The van der Waals surface area contributed by atoms with Gasteiger partial charge in [-0.25, -0.2) is 4.39 Å². The Hall–Kier alpha value is -4.26. The van der Waals surface area contributed by atoms with Gasteiger partial charge >= 0.3 is 5.97 Å². The summed E-state index contributed by atoms with van der Waals surface area (Å²) in [6, 6.07) is 19.3. The summed E-state index contributed by atoms with van der Waals surface area (Å²) >= 11 is 0. The molecule has 1 N–H and O–H groups in total. The third-order valence-electron chi connectivity index (χ3n) is 5.94. The van der Waals surface area contributed by atoms with Crippen molar-refractivity contribution in [3.8, 4) is 34.0 Å². The number of amides is 1. The van der Waals surface area contributed by atoms with Gasteiger partial charge in [-0.1, -0.05) is 62.7 Å². The number of rotatable bonds is 6. The Kier molecular flexibility index (Phi) is 7.49. The largest absolute Gasteiger partial charge is 0.407 e. The highest BCUT2D eigenvalue weighted by atomic mass is 19.1. The van der Waals surface area contributed by atoms with Gasteiger partial charge < -0.3 is 10.1 Å². The molecular formula is C31H32FN3O3. The SMILES string of the molecule is CC(=O)Oc1c(-c2ccc(NC(=O)CC(C)(C)C)cc2)c(-c2ccccc2F)nn1-c1ccc(C)cc1C. The van der Waals surface area contributed by atoms with Gasteiger partial charge in [0.25, 0.3) is 0 Å². The van der Waals surface area contributed by atoms with Crippen LogP contribution in [0.1, 0.15) is 45.2 Å². The molecule has 0 saturated heterocycles. The average Bonchev–Trinajstić information content (AvgIpc) is 3.16. The summed E-state index contributed by atoms with van der Waals surface area (Å²) in [5, 5.41) is 7.69. The number of ether oxygens (including phenoxy) is 1. The maximum atomic E-state index is 15.0. The van der Waals surface area contributed by atoms with E-state index in [-0.39, 0.29) is 22.8 Å². The van der Waals surface area contributed by atoms with Crippen LogP contribution in [-0.2, 0) is 9.59 Å². The fourth-order valence-electron chi connectivity index (χ4n) is 4.35. The molecule has 0 aliphatic heterocycles. The zero-order chi connectivity index (χ0) is 27.6. The third kappa shape index (κ3) is 5.99. The van der Waals surface area contributed by atoms with Crippen molar-refractivity contribution < 1.29 is 18.7 Å². The van der Waals surface area contributed by atoms with Gasteiger partial charge in [0, 0.05) is 24.6 Å². The maximum absolute atomic E-state index is 15.0. The van der Waals surface area contributed by atoms with Crippen LogP contribution in [0.25, 0.3) is 28.1 Å². The summed E-state index contributed by atoms with van der Waals surface area (Å²) in [7, 11) is 0. The predicted octanol–water partition coefficient (Wildman–Crippen LogP) is 7.26. The summed E-state index contributed by atoms with van der Waals surface area (Å²) < 4.78 is 22.3. The molecule has 0 saturated carbocycles. The second-order valence-electron chi connectivity index (χ2n) is 10.7. The highest BCUT2D eigenvalue weighted by Gasteiger charge is 2.26. The normalized spacial score (nSPS) is 11.3. The molecule has 0 radical (unpaired) electrons. The minimum absolute atomic E-state index is 0.0828. The van der Waals surface area contributed by atoms with Gasteiger partial charge in [0.1, 0.15) is 11.5 Å². The number of esters is 1. The quantitative estimate of drug-likeness (QED) is 0.275. The maximum Gasteiger partial charge on any atom is 0.309 e. The van der Waals surface area contributed by atoms with Crippen molar-refractivity contribution in [2.75, 3.05) is 5.32 Å². The first kappa shape index (κ1) is 26.8. The Morgan fingerprint density at radius 1 is 1.00 bits per heavy atom. The van der Waals surface area contributed by atoms with E-state index in [2.05, 4.69) is 5.32 Å². The highest BCUT2D eigenvalue weighted by Crippen LogP contribution is 2.42. The molecule has 1 amide bonds. The molecule has 0 bridgehead atoms. The van der Waals surface area contributed by atoms with E-state index < -0.39 is 11.8 Å². The number of halogens is 1. The van der Waals surface area contributed by atoms with Gasteiger partial charge in [0.15, 0.2) is 0 Å². The summed E-state index contributed by atoms with van der Waals surface area (Å²) in [5.41, 5.74) is 4.94. The molecule has 0 aliphatic carbocycles. The molecule has 0 unspecified atom stereocenters. The number of nitrogens with one attached hydrogen (secondary N) is 1. The number of carbonyl (C=O) groups excluding carboxylic acids is 2. The zero-order valence-electron chi connectivity index (χ0n) is 22.6. The molecule has 0 aliphatic rings. The number of anilines is 1. The van der Waals surface area contributed by atoms with E-state index in [0.717, 1.165) is 11.1 Å². The standard InChI is InChI=1S/C31H32FN3O3/c1-19-11-16-26(20(2)17-19)35-30(38-21(3)36)28(29(34-35)24-9-7-8-10-25(24)32)22-12-14-23(15-13-22)33-27(37)18-31(4,5)6/h7-17H,18H2,1-6H3,(H,33,37). The minimum Gasteiger partial charge on any atom is -0.407 e. The number of carbonyl (C=O) groups is 2. The topological polar surface area (TPSA) is 73.2 Å². The Balaban J connectivity index is 1.89. The van der Waals surface area contributed by atoms with E-state index >= 15 is 4.39 Å². The number of aryl methyl sites for hydroxylation is 2. The van der Waals surface area contributed by atoms with Crippen LogP contribution in [0.5, 0.6) is 5.88 Å². The van der Waals surface area contributed by atoms with Gasteiger partial charge in [-0.15, -0.1) is 0 Å². The van der Waals surface area contributed by atoms with Gasteiger partial charge in [-0.2, -0.15) is 9.78 Å². The monoisotopic (exact) mass is 513 g/mol. The van der Waals surface area contributed by atoms with Crippen molar-refractivity contribution in [3.05, 3.63) is 83.7 Å². The summed E-state index contributed by atoms with van der Waals surface area (Å²) in [5.74, 6) is -0.865. The fraction of sp³-hybridized carbons (Fsp3) is 0.258. The lowest BCUT2D eigenvalue weighted by atomic mass is 9.92. The molecule has 0 spiro atoms. The smallest absolute Gasteiger partial charge is 0.309 e. The Morgan fingerprint density at radius 2 is 1.68 bits per heavy atom. The highest BCUT2D eigenvalue weighted by molar-refractivity contribution is 5.92. The first-order chi connectivity index (χ1) is 17.9. The minimum atomic E-state index is -0.525. The average molecular weight is 514 g/mol. The lowest BCUT2D eigenvalue weighted by molar-refractivity contribution is -0.132. The molecule has 0 fully saturated rings. The second kappa shape index (κ2) is 10.6. The van der Waals surface area contributed by atoms with Crippen LogP contribution < -0.4 is 10.1 Å². The first-order valence-corrected chi connectivity index (χ1v) is 12.5. The number of hydrogen-bond donors (Lipinski definition) is 1. The molecule has 3 aromatic carbocycles. The molecule has 0 atom stereocenters. The molecule has 196 valence electrons. The molecule has 38 heavy (non-hydrogen) atoms. The molecule has 7 heteroatoms. The molecular weight excluding hydrogens is 481 g/mol. The van der Waals surface area contributed by atoms with Crippen LogP contribution in [0.15, 0.2) is 66.7 Å². The van der Waals surface area contributed by atoms with Crippen LogP contribution in [0.3, 0.4) is 0 Å². The van der Waals surface area contributed by atoms with Crippen molar-refractivity contribution in [2.45, 2.75) is 48.0 Å². The molecule has 6 nitrogen and oxygen atoms in total. The first-order valence-electron chi connectivity index (χ1n) is 12.5. The Morgan fingerprint density at radius 3 is 2.29 bits per heavy atom. The van der Waals surface area contributed by atoms with Crippen molar-refractivity contribution in [1.29, 1.82) is 0 Å². The number of hydrogen-bond acceptors (Lipinski definition) is 4. The summed E-state index contributed by atoms with van der Waals surface area (Å²) in [6.07, 6.45) is 0.380. The van der Waals surface area contributed by atoms with E-state index in [4.69, 9.17) is 9.84 Å². The van der Waals surface area contributed by atoms with Crippen molar-refractivity contribution in [1.82, 2.24) is 9.78 Å². The van der Waals surface area contributed by atoms with E-state index in [9.17, 15) is 9.59 Å². The molecule has 1 heterocycles. The van der Waals surface area contributed by atoms with Crippen LogP contribution in [-0.4, -0.2) is 21.7 Å². The number of aromatic nitrogens is 2. The lowest BCUT2D eigenvalue weighted by Gasteiger charge is -2.17. The Bertz CT molecular complexity index is 1500. The number of nitrogens with zero attached hydrogens (tertiary/aromatic N) is 2. The Labute approximate surface area is 222 Å².